The van der Waals surface area contributed by atoms with E-state index >= 15 is 4.39 Å². The minimum absolute atomic E-state index is 0.0324. The van der Waals surface area contributed by atoms with Crippen molar-refractivity contribution in [2.24, 2.45) is 7.05 Å². The van der Waals surface area contributed by atoms with E-state index in [1.165, 1.54) is 39.0 Å². The zero-order valence-electron chi connectivity index (χ0n) is 33.7. The van der Waals surface area contributed by atoms with E-state index in [0.29, 0.717) is 12.4 Å². The Kier molecular flexibility index (Phi) is 13.2. The highest BCUT2D eigenvalue weighted by Crippen LogP contribution is 2.32. The molecule has 6 aromatic heterocycles. The number of hydrogen-bond donors (Lipinski definition) is 0. The first-order valence-corrected chi connectivity index (χ1v) is 18.9. The molecule has 0 saturated heterocycles. The van der Waals surface area contributed by atoms with Gasteiger partial charge in [0.2, 0.25) is 11.8 Å². The minimum atomic E-state index is -4.58. The van der Waals surface area contributed by atoms with Gasteiger partial charge in [0.05, 0.1) is 40.7 Å². The largest absolute Gasteiger partial charge is 0.475 e. The van der Waals surface area contributed by atoms with E-state index in [0.717, 1.165) is 35.1 Å². The van der Waals surface area contributed by atoms with Crippen molar-refractivity contribution in [3.05, 3.63) is 108 Å². The van der Waals surface area contributed by atoms with Crippen LogP contribution in [-0.2, 0) is 19.4 Å². The van der Waals surface area contributed by atoms with E-state index in [2.05, 4.69) is 35.2 Å². The molecule has 0 N–H and O–H groups in total. The van der Waals surface area contributed by atoms with Gasteiger partial charge in [0.1, 0.15) is 30.3 Å². The third-order valence-electron chi connectivity index (χ3n) is 9.45. The summed E-state index contributed by atoms with van der Waals surface area (Å²) in [5.74, 6) is -2.24. The molecule has 0 aliphatic heterocycles. The van der Waals surface area contributed by atoms with Crippen LogP contribution in [-0.4, -0.2) is 105 Å². The highest BCUT2D eigenvalue weighted by Gasteiger charge is 2.33. The van der Waals surface area contributed by atoms with Crippen LogP contribution in [0, 0.1) is 5.82 Å². The molecule has 0 spiro atoms. The molecule has 0 bridgehead atoms. The number of carbonyl (C=O) groups is 2. The average Bonchev–Trinajstić information content (AvgIpc) is 3.92. The van der Waals surface area contributed by atoms with Gasteiger partial charge in [0, 0.05) is 62.6 Å². The van der Waals surface area contributed by atoms with E-state index in [-0.39, 0.29) is 77.8 Å². The Morgan fingerprint density at radius 1 is 0.758 bits per heavy atom. The highest BCUT2D eigenvalue weighted by molar-refractivity contribution is 5.99. The molecule has 0 fully saturated rings. The quantitative estimate of drug-likeness (QED) is 0.0984. The number of pyridine rings is 4. The van der Waals surface area contributed by atoms with Crippen molar-refractivity contribution in [3.63, 3.8) is 0 Å². The average molecular weight is 870 g/mol. The normalized spacial score (nSPS) is 12.8. The molecular weight excluding hydrogens is 831 g/mol. The van der Waals surface area contributed by atoms with Crippen LogP contribution < -0.4 is 9.47 Å². The number of halogens is 7. The number of ether oxygens (including phenoxy) is 2. The maximum atomic E-state index is 16.1. The molecule has 0 radical (unpaired) electrons. The lowest BCUT2D eigenvalue weighted by Crippen LogP contribution is -2.42. The molecule has 326 valence electrons. The summed E-state index contributed by atoms with van der Waals surface area (Å²) in [5, 5.41) is 13.0. The van der Waals surface area contributed by atoms with Crippen molar-refractivity contribution in [2.45, 2.75) is 52.1 Å². The fourth-order valence-corrected chi connectivity index (χ4v) is 6.24. The molecule has 0 aliphatic carbocycles. The van der Waals surface area contributed by atoms with E-state index < -0.39 is 53.2 Å². The van der Waals surface area contributed by atoms with Crippen molar-refractivity contribution in [1.82, 2.24) is 54.5 Å². The number of aromatic nitrogens is 9. The molecule has 6 aromatic rings. The number of nitrogens with zero attached hydrogens (tertiary/aromatic N) is 11. The third-order valence-corrected chi connectivity index (χ3v) is 9.45. The van der Waals surface area contributed by atoms with Gasteiger partial charge in [-0.2, -0.15) is 36.5 Å². The van der Waals surface area contributed by atoms with E-state index in [9.17, 15) is 35.9 Å². The van der Waals surface area contributed by atoms with Crippen molar-refractivity contribution in [1.29, 1.82) is 0 Å². The number of amides is 2. The van der Waals surface area contributed by atoms with Gasteiger partial charge < -0.3 is 19.3 Å². The van der Waals surface area contributed by atoms with Gasteiger partial charge in [-0.25, -0.2) is 24.3 Å². The van der Waals surface area contributed by atoms with Gasteiger partial charge in [0.15, 0.2) is 11.6 Å². The van der Waals surface area contributed by atoms with Crippen LogP contribution in [0.3, 0.4) is 0 Å². The van der Waals surface area contributed by atoms with Gasteiger partial charge in [-0.05, 0) is 64.1 Å². The van der Waals surface area contributed by atoms with Crippen LogP contribution >= 0.6 is 0 Å². The number of aryl methyl sites for hydroxylation is 1. The second-order valence-electron chi connectivity index (χ2n) is 13.8. The molecule has 0 saturated carbocycles. The summed E-state index contributed by atoms with van der Waals surface area (Å²) >= 11 is 0. The fraction of sp³-hybridized carbons (Fsp3) is 0.325. The lowest BCUT2D eigenvalue weighted by Gasteiger charge is -2.28. The van der Waals surface area contributed by atoms with Crippen LogP contribution in [0.4, 0.5) is 30.7 Å². The summed E-state index contributed by atoms with van der Waals surface area (Å²) in [4.78, 5) is 48.3. The summed E-state index contributed by atoms with van der Waals surface area (Å²) in [6.07, 6.45) is -3.68. The lowest BCUT2D eigenvalue weighted by molar-refractivity contribution is -0.138. The molecule has 0 aromatic carbocycles. The maximum absolute atomic E-state index is 16.1. The first kappa shape index (κ1) is 44.5. The van der Waals surface area contributed by atoms with Gasteiger partial charge in [0.25, 0.3) is 11.8 Å². The Balaban J connectivity index is 1.25. The van der Waals surface area contributed by atoms with Gasteiger partial charge in [-0.15, -0.1) is 9.90 Å². The molecule has 2 amide bonds. The van der Waals surface area contributed by atoms with Crippen molar-refractivity contribution in [3.8, 4) is 40.2 Å². The van der Waals surface area contributed by atoms with Crippen LogP contribution in [0.25, 0.3) is 28.5 Å². The second-order valence-corrected chi connectivity index (χ2v) is 13.8. The molecule has 22 heteroatoms. The Bertz CT molecular complexity index is 2510. The SMILES string of the molecule is CCN(C(=O)c1cccnc1-n1ncc(-c2nc(C(=O)N(CC)[C@@H](C)COc3ccc(C(F)(F)F)cn3)c(-c3ccn(C)n3)cc2F)n1)[C@@H](C)COc1ccc(C(F)(F)F)cn1. The molecule has 15 nitrogen and oxygen atoms in total. The van der Waals surface area contributed by atoms with Gasteiger partial charge in [-0.3, -0.25) is 14.3 Å². The van der Waals surface area contributed by atoms with Gasteiger partial charge in [-0.1, -0.05) is 0 Å². The Morgan fingerprint density at radius 2 is 1.34 bits per heavy atom. The molecule has 2 atom stereocenters. The topological polar surface area (TPSA) is 159 Å². The first-order valence-electron chi connectivity index (χ1n) is 18.9. The summed E-state index contributed by atoms with van der Waals surface area (Å²) in [6.45, 7) is 6.77. The molecule has 0 aliphatic rings. The van der Waals surface area contributed by atoms with Crippen LogP contribution in [0.1, 0.15) is 59.7 Å². The Hall–Kier alpha value is -7.00. The standard InChI is InChI=1S/C40H38F7N11O4/c1-6-56(23(3)21-61-32-12-10-25(18-49-32)39(42,43)44)37(59)27-9-8-15-48-36(27)58-51-20-31(54-58)35-29(41)17-28(30-14-16-55(5)53-30)34(52-35)38(60)57(7-2)24(4)22-62-33-13-11-26(19-50-33)40(45,46)47/h8-20,23-24H,6-7,21-22H2,1-5H3/t23-,24-/m0/s1. The summed E-state index contributed by atoms with van der Waals surface area (Å²) in [7, 11) is 1.64. The number of alkyl halides is 6. The van der Waals surface area contributed by atoms with E-state index in [1.54, 1.807) is 47.0 Å². The van der Waals surface area contributed by atoms with Crippen molar-refractivity contribution >= 4 is 11.8 Å². The Labute approximate surface area is 349 Å². The summed E-state index contributed by atoms with van der Waals surface area (Å²) < 4.78 is 107. The van der Waals surface area contributed by atoms with Crippen LogP contribution in [0.5, 0.6) is 11.8 Å². The minimum Gasteiger partial charge on any atom is -0.475 e. The third kappa shape index (κ3) is 9.95. The smallest absolute Gasteiger partial charge is 0.417 e. The first-order chi connectivity index (χ1) is 29.4. The Morgan fingerprint density at radius 3 is 1.84 bits per heavy atom. The predicted octanol–water partition coefficient (Wildman–Crippen LogP) is 6.95. The van der Waals surface area contributed by atoms with Crippen LogP contribution in [0.15, 0.2) is 79.5 Å². The zero-order chi connectivity index (χ0) is 44.9. The summed E-state index contributed by atoms with van der Waals surface area (Å²) in [6, 6.07) is 8.20. The maximum Gasteiger partial charge on any atom is 0.417 e. The molecule has 62 heavy (non-hydrogen) atoms. The van der Waals surface area contributed by atoms with Crippen molar-refractivity contribution < 1.29 is 49.8 Å². The highest BCUT2D eigenvalue weighted by atomic mass is 19.4. The number of hydrogen-bond acceptors (Lipinski definition) is 11. The van der Waals surface area contributed by atoms with Gasteiger partial charge >= 0.3 is 12.4 Å². The number of carbonyl (C=O) groups excluding carboxylic acids is 2. The summed E-state index contributed by atoms with van der Waals surface area (Å²) in [5.41, 5.74) is -2.24. The molecule has 6 rings (SSSR count). The van der Waals surface area contributed by atoms with E-state index in [1.807, 2.05) is 0 Å². The van der Waals surface area contributed by atoms with Crippen molar-refractivity contribution in [2.75, 3.05) is 26.3 Å². The number of likely N-dealkylation sites (N-methyl/N-ethyl adjacent to an activating group) is 2. The predicted molar refractivity (Wildman–Crippen MR) is 206 cm³/mol. The molecule has 6 heterocycles. The van der Waals surface area contributed by atoms with E-state index in [4.69, 9.17) is 9.47 Å². The fourth-order valence-electron chi connectivity index (χ4n) is 6.24. The monoisotopic (exact) mass is 869 g/mol. The molecule has 0 unspecified atom stereocenters. The number of rotatable bonds is 15. The second kappa shape index (κ2) is 18.3. The zero-order valence-corrected chi connectivity index (χ0v) is 33.7. The molecular formula is C40H38F7N11O4. The lowest BCUT2D eigenvalue weighted by atomic mass is 10.1. The van der Waals surface area contributed by atoms with Crippen LogP contribution in [0.2, 0.25) is 0 Å².